The maximum Gasteiger partial charge on any atom is 0.120 e. The van der Waals surface area contributed by atoms with Gasteiger partial charge in [0.1, 0.15) is 6.10 Å². The van der Waals surface area contributed by atoms with Crippen molar-refractivity contribution in [3.05, 3.63) is 78.1 Å². The van der Waals surface area contributed by atoms with Crippen molar-refractivity contribution in [1.29, 1.82) is 0 Å². The highest BCUT2D eigenvalue weighted by Gasteiger charge is 2.01. The van der Waals surface area contributed by atoms with Gasteiger partial charge in [-0.05, 0) is 24.1 Å². The van der Waals surface area contributed by atoms with Crippen LogP contribution in [0.5, 0.6) is 0 Å². The van der Waals surface area contributed by atoms with Gasteiger partial charge >= 0.3 is 0 Å². The van der Waals surface area contributed by atoms with Crippen LogP contribution in [0.25, 0.3) is 6.08 Å². The molecule has 0 aliphatic rings. The van der Waals surface area contributed by atoms with Gasteiger partial charge in [0.25, 0.3) is 0 Å². The molecule has 1 atom stereocenters. The van der Waals surface area contributed by atoms with E-state index < -0.39 is 0 Å². The number of hydrogen-bond acceptors (Lipinski definition) is 1. The van der Waals surface area contributed by atoms with Crippen LogP contribution >= 0.6 is 0 Å². The molecule has 0 aliphatic heterocycles. The standard InChI is InChI=1S/C16H16O/c1-14(16-10-6-3-7-11-16)17-13-12-15-8-4-2-5-9-15/h2-14H,1H3/b13-12+. The summed E-state index contributed by atoms with van der Waals surface area (Å²) in [5, 5.41) is 0. The van der Waals surface area contributed by atoms with Crippen molar-refractivity contribution in [1.82, 2.24) is 0 Å². The molecule has 0 saturated heterocycles. The molecule has 0 spiro atoms. The Kier molecular flexibility index (Phi) is 3.98. The predicted octanol–water partition coefficient (Wildman–Crippen LogP) is 4.44. The lowest BCUT2D eigenvalue weighted by Gasteiger charge is -2.11. The summed E-state index contributed by atoms with van der Waals surface area (Å²) in [5.74, 6) is 0. The number of ether oxygens (including phenoxy) is 1. The zero-order valence-corrected chi connectivity index (χ0v) is 9.91. The van der Waals surface area contributed by atoms with Gasteiger partial charge in [-0.25, -0.2) is 0 Å². The summed E-state index contributed by atoms with van der Waals surface area (Å²) < 4.78 is 5.65. The first-order valence-corrected chi connectivity index (χ1v) is 5.78. The molecule has 1 unspecified atom stereocenters. The van der Waals surface area contributed by atoms with E-state index in [1.807, 2.05) is 61.5 Å². The fourth-order valence-electron chi connectivity index (χ4n) is 1.60. The molecule has 0 amide bonds. The van der Waals surface area contributed by atoms with E-state index >= 15 is 0 Å². The predicted molar refractivity (Wildman–Crippen MR) is 71.4 cm³/mol. The van der Waals surface area contributed by atoms with Gasteiger partial charge in [-0.2, -0.15) is 0 Å². The molecule has 0 saturated carbocycles. The number of rotatable bonds is 4. The van der Waals surface area contributed by atoms with Crippen molar-refractivity contribution in [3.8, 4) is 0 Å². The van der Waals surface area contributed by atoms with Crippen molar-refractivity contribution in [2.75, 3.05) is 0 Å². The minimum absolute atomic E-state index is 0.0798. The summed E-state index contributed by atoms with van der Waals surface area (Å²) in [4.78, 5) is 0. The Labute approximate surface area is 102 Å². The fourth-order valence-corrected chi connectivity index (χ4v) is 1.60. The second-order valence-corrected chi connectivity index (χ2v) is 3.90. The lowest BCUT2D eigenvalue weighted by molar-refractivity contribution is 0.166. The summed E-state index contributed by atoms with van der Waals surface area (Å²) >= 11 is 0. The van der Waals surface area contributed by atoms with Crippen LogP contribution in [-0.4, -0.2) is 0 Å². The molecule has 0 heterocycles. The second kappa shape index (κ2) is 5.90. The van der Waals surface area contributed by atoms with E-state index in [-0.39, 0.29) is 6.10 Å². The highest BCUT2D eigenvalue weighted by Crippen LogP contribution is 2.16. The average molecular weight is 224 g/mol. The lowest BCUT2D eigenvalue weighted by atomic mass is 10.1. The Balaban J connectivity index is 1.93. The first kappa shape index (κ1) is 11.5. The summed E-state index contributed by atoms with van der Waals surface area (Å²) in [6.07, 6.45) is 3.81. The van der Waals surface area contributed by atoms with Crippen LogP contribution in [0.4, 0.5) is 0 Å². The Morgan fingerprint density at radius 1 is 0.882 bits per heavy atom. The molecule has 0 bridgehead atoms. The monoisotopic (exact) mass is 224 g/mol. The molecule has 2 aromatic rings. The van der Waals surface area contributed by atoms with Crippen molar-refractivity contribution in [2.24, 2.45) is 0 Å². The Bertz CT molecular complexity index is 459. The molecule has 1 nitrogen and oxygen atoms in total. The summed E-state index contributed by atoms with van der Waals surface area (Å²) in [6.45, 7) is 2.05. The molecule has 2 aromatic carbocycles. The minimum Gasteiger partial charge on any atom is -0.494 e. The molecular formula is C16H16O. The molecule has 86 valence electrons. The van der Waals surface area contributed by atoms with Crippen LogP contribution in [0, 0.1) is 0 Å². The zero-order valence-electron chi connectivity index (χ0n) is 9.91. The quantitative estimate of drug-likeness (QED) is 0.698. The van der Waals surface area contributed by atoms with E-state index in [0.717, 1.165) is 5.56 Å². The second-order valence-electron chi connectivity index (χ2n) is 3.90. The van der Waals surface area contributed by atoms with E-state index in [1.54, 1.807) is 6.26 Å². The zero-order chi connectivity index (χ0) is 11.9. The first-order chi connectivity index (χ1) is 8.36. The smallest absolute Gasteiger partial charge is 0.120 e. The molecule has 0 radical (unpaired) electrons. The van der Waals surface area contributed by atoms with Crippen molar-refractivity contribution in [3.63, 3.8) is 0 Å². The number of hydrogen-bond donors (Lipinski definition) is 0. The van der Waals surface area contributed by atoms with E-state index in [2.05, 4.69) is 12.1 Å². The topological polar surface area (TPSA) is 9.23 Å². The fraction of sp³-hybridized carbons (Fsp3) is 0.125. The van der Waals surface area contributed by atoms with Gasteiger partial charge in [0, 0.05) is 0 Å². The maximum absolute atomic E-state index is 5.65. The van der Waals surface area contributed by atoms with Crippen LogP contribution < -0.4 is 0 Å². The summed E-state index contributed by atoms with van der Waals surface area (Å²) in [6, 6.07) is 20.3. The maximum atomic E-state index is 5.65. The summed E-state index contributed by atoms with van der Waals surface area (Å²) in [5.41, 5.74) is 2.33. The van der Waals surface area contributed by atoms with Gasteiger partial charge in [-0.1, -0.05) is 60.7 Å². The van der Waals surface area contributed by atoms with Gasteiger partial charge in [0.05, 0.1) is 6.26 Å². The third-order valence-corrected chi connectivity index (χ3v) is 2.61. The van der Waals surface area contributed by atoms with Crippen molar-refractivity contribution in [2.45, 2.75) is 13.0 Å². The third kappa shape index (κ3) is 3.49. The van der Waals surface area contributed by atoms with E-state index in [0.29, 0.717) is 0 Å². The van der Waals surface area contributed by atoms with Crippen LogP contribution in [0.3, 0.4) is 0 Å². The van der Waals surface area contributed by atoms with Crippen LogP contribution in [-0.2, 0) is 4.74 Å². The molecule has 0 aliphatic carbocycles. The lowest BCUT2D eigenvalue weighted by Crippen LogP contribution is -1.93. The normalized spacial score (nSPS) is 12.5. The van der Waals surface area contributed by atoms with Gasteiger partial charge in [-0.15, -0.1) is 0 Å². The Morgan fingerprint density at radius 2 is 1.47 bits per heavy atom. The third-order valence-electron chi connectivity index (χ3n) is 2.61. The van der Waals surface area contributed by atoms with Crippen molar-refractivity contribution < 1.29 is 4.74 Å². The molecule has 0 fully saturated rings. The van der Waals surface area contributed by atoms with Crippen LogP contribution in [0.2, 0.25) is 0 Å². The Morgan fingerprint density at radius 3 is 2.12 bits per heavy atom. The van der Waals surface area contributed by atoms with E-state index in [4.69, 9.17) is 4.74 Å². The van der Waals surface area contributed by atoms with Gasteiger partial charge in [-0.3, -0.25) is 0 Å². The van der Waals surface area contributed by atoms with Crippen LogP contribution in [0.15, 0.2) is 66.9 Å². The van der Waals surface area contributed by atoms with Gasteiger partial charge in [0.2, 0.25) is 0 Å². The highest BCUT2D eigenvalue weighted by molar-refractivity contribution is 5.47. The Hall–Kier alpha value is -2.02. The van der Waals surface area contributed by atoms with Crippen molar-refractivity contribution >= 4 is 6.08 Å². The SMILES string of the molecule is CC(O/C=C/c1ccccc1)c1ccccc1. The largest absolute Gasteiger partial charge is 0.494 e. The molecule has 1 heteroatoms. The van der Waals surface area contributed by atoms with Gasteiger partial charge in [0.15, 0.2) is 0 Å². The minimum atomic E-state index is 0.0798. The van der Waals surface area contributed by atoms with E-state index in [9.17, 15) is 0 Å². The average Bonchev–Trinajstić information content (AvgIpc) is 2.41. The summed E-state index contributed by atoms with van der Waals surface area (Å²) in [7, 11) is 0. The molecular weight excluding hydrogens is 208 g/mol. The molecule has 0 N–H and O–H groups in total. The highest BCUT2D eigenvalue weighted by atomic mass is 16.5. The van der Waals surface area contributed by atoms with Crippen LogP contribution in [0.1, 0.15) is 24.2 Å². The van der Waals surface area contributed by atoms with Gasteiger partial charge < -0.3 is 4.74 Å². The first-order valence-electron chi connectivity index (χ1n) is 5.78. The molecule has 0 aromatic heterocycles. The molecule has 17 heavy (non-hydrogen) atoms. The number of benzene rings is 2. The molecule has 2 rings (SSSR count). The van der Waals surface area contributed by atoms with E-state index in [1.165, 1.54) is 5.56 Å².